The average Bonchev–Trinajstić information content (AvgIpc) is 2.95. The van der Waals surface area contributed by atoms with Crippen LogP contribution < -0.4 is 10.6 Å². The Kier molecular flexibility index (Phi) is 4.46. The summed E-state index contributed by atoms with van der Waals surface area (Å²) in [6.45, 7) is 4.34. The number of anilines is 1. The number of hydrogen-bond acceptors (Lipinski definition) is 3. The van der Waals surface area contributed by atoms with Crippen LogP contribution in [0.3, 0.4) is 0 Å². The van der Waals surface area contributed by atoms with Crippen LogP contribution in [0.5, 0.6) is 0 Å². The third kappa shape index (κ3) is 3.35. The number of para-hydroxylation sites is 2. The van der Waals surface area contributed by atoms with Crippen LogP contribution in [0.2, 0.25) is 0 Å². The molecular weight excluding hydrogens is 338 g/mol. The Balaban J connectivity index is 1.38. The van der Waals surface area contributed by atoms with Crippen molar-refractivity contribution in [2.24, 2.45) is 0 Å². The minimum Gasteiger partial charge on any atom is -0.369 e. The van der Waals surface area contributed by atoms with E-state index in [9.17, 15) is 13.6 Å². The van der Waals surface area contributed by atoms with Gasteiger partial charge in [0.15, 0.2) is 0 Å². The fraction of sp³-hybridized carbons (Fsp3) is 0.316. The summed E-state index contributed by atoms with van der Waals surface area (Å²) in [6, 6.07) is 11.3. The van der Waals surface area contributed by atoms with Crippen LogP contribution in [-0.2, 0) is 6.54 Å². The summed E-state index contributed by atoms with van der Waals surface area (Å²) in [5.41, 5.74) is 2.23. The lowest BCUT2D eigenvalue weighted by Gasteiger charge is -2.36. The van der Waals surface area contributed by atoms with Crippen LogP contribution in [0.4, 0.5) is 14.5 Å². The predicted octanol–water partition coefficient (Wildman–Crippen LogP) is 2.43. The molecule has 0 aliphatic carbocycles. The molecule has 2 heterocycles. The maximum absolute atomic E-state index is 13.4. The molecule has 0 saturated carbocycles. The lowest BCUT2D eigenvalue weighted by atomic mass is 10.2. The zero-order chi connectivity index (χ0) is 18.1. The second-order valence-corrected chi connectivity index (χ2v) is 6.56. The molecule has 7 heteroatoms. The van der Waals surface area contributed by atoms with E-state index in [1.54, 1.807) is 4.57 Å². The van der Waals surface area contributed by atoms with E-state index in [2.05, 4.69) is 9.88 Å². The molecule has 0 bridgehead atoms. The highest BCUT2D eigenvalue weighted by molar-refractivity contribution is 5.74. The first kappa shape index (κ1) is 16.8. The Morgan fingerprint density at radius 2 is 1.62 bits per heavy atom. The Morgan fingerprint density at radius 3 is 2.35 bits per heavy atom. The van der Waals surface area contributed by atoms with Crippen molar-refractivity contribution in [2.45, 2.75) is 6.54 Å². The normalized spacial score (nSPS) is 15.7. The number of hydrogen-bond donors (Lipinski definition) is 1. The van der Waals surface area contributed by atoms with E-state index in [-0.39, 0.29) is 5.69 Å². The summed E-state index contributed by atoms with van der Waals surface area (Å²) >= 11 is 0. The zero-order valence-corrected chi connectivity index (χ0v) is 14.3. The van der Waals surface area contributed by atoms with Gasteiger partial charge in [0.1, 0.15) is 11.6 Å². The third-order valence-electron chi connectivity index (χ3n) is 4.91. The Bertz CT molecular complexity index is 953. The van der Waals surface area contributed by atoms with Gasteiger partial charge >= 0.3 is 5.69 Å². The largest absolute Gasteiger partial charge is 0.369 e. The number of benzene rings is 2. The molecule has 1 fully saturated rings. The highest BCUT2D eigenvalue weighted by Crippen LogP contribution is 2.19. The van der Waals surface area contributed by atoms with Crippen LogP contribution in [0.25, 0.3) is 11.0 Å². The molecule has 26 heavy (non-hydrogen) atoms. The molecule has 4 rings (SSSR count). The fourth-order valence-electron chi connectivity index (χ4n) is 3.52. The molecule has 0 amide bonds. The van der Waals surface area contributed by atoms with Gasteiger partial charge in [-0.05, 0) is 24.3 Å². The molecule has 1 aliphatic heterocycles. The van der Waals surface area contributed by atoms with Crippen LogP contribution in [0.1, 0.15) is 0 Å². The second-order valence-electron chi connectivity index (χ2n) is 6.56. The lowest BCUT2D eigenvalue weighted by molar-refractivity contribution is 0.248. The van der Waals surface area contributed by atoms with Crippen molar-refractivity contribution < 1.29 is 8.78 Å². The monoisotopic (exact) mass is 358 g/mol. The summed E-state index contributed by atoms with van der Waals surface area (Å²) in [5, 5.41) is 0. The van der Waals surface area contributed by atoms with Crippen molar-refractivity contribution in [3.63, 3.8) is 0 Å². The number of aromatic amines is 1. The number of halogens is 2. The number of piperazine rings is 1. The number of fused-ring (bicyclic) bond motifs is 1. The number of H-pyrrole nitrogens is 1. The minimum atomic E-state index is -0.554. The van der Waals surface area contributed by atoms with Gasteiger partial charge in [-0.1, -0.05) is 12.1 Å². The van der Waals surface area contributed by atoms with Gasteiger partial charge in [0, 0.05) is 51.0 Å². The Labute approximate surface area is 149 Å². The molecule has 0 atom stereocenters. The predicted molar refractivity (Wildman–Crippen MR) is 97.6 cm³/mol. The van der Waals surface area contributed by atoms with Crippen LogP contribution in [0.15, 0.2) is 47.3 Å². The zero-order valence-electron chi connectivity index (χ0n) is 14.3. The first-order valence-corrected chi connectivity index (χ1v) is 8.71. The molecule has 1 aromatic heterocycles. The molecule has 136 valence electrons. The van der Waals surface area contributed by atoms with E-state index in [1.807, 2.05) is 29.2 Å². The van der Waals surface area contributed by atoms with E-state index in [0.29, 0.717) is 25.3 Å². The summed E-state index contributed by atoms with van der Waals surface area (Å²) in [5.74, 6) is -1.11. The molecule has 5 nitrogen and oxygen atoms in total. The van der Waals surface area contributed by atoms with Gasteiger partial charge in [-0.2, -0.15) is 0 Å². The second kappa shape index (κ2) is 6.92. The third-order valence-corrected chi connectivity index (χ3v) is 4.91. The van der Waals surface area contributed by atoms with Gasteiger partial charge in [-0.25, -0.2) is 13.6 Å². The van der Waals surface area contributed by atoms with Gasteiger partial charge in [-0.15, -0.1) is 0 Å². The smallest absolute Gasteiger partial charge is 0.326 e. The molecule has 3 aromatic rings. The minimum absolute atomic E-state index is 0.0972. The van der Waals surface area contributed by atoms with Crippen molar-refractivity contribution in [3.05, 3.63) is 64.6 Å². The molecule has 1 N–H and O–H groups in total. The van der Waals surface area contributed by atoms with Crippen molar-refractivity contribution in [1.82, 2.24) is 14.5 Å². The Morgan fingerprint density at radius 1 is 0.923 bits per heavy atom. The standard InChI is InChI=1S/C19H20F2N4O/c20-14-11-15(21)13-16(12-14)24-8-5-23(6-9-24)7-10-25-18-4-2-1-3-17(18)22-19(25)26/h1-4,11-13H,5-10H2,(H,22,26). The SMILES string of the molecule is O=c1[nH]c2ccccc2n1CCN1CCN(c2cc(F)cc(F)c2)CC1. The molecule has 2 aromatic carbocycles. The molecule has 0 unspecified atom stereocenters. The van der Waals surface area contributed by atoms with Gasteiger partial charge in [0.2, 0.25) is 0 Å². The summed E-state index contributed by atoms with van der Waals surface area (Å²) in [6.07, 6.45) is 0. The first-order valence-electron chi connectivity index (χ1n) is 8.71. The fourth-order valence-corrected chi connectivity index (χ4v) is 3.52. The molecule has 1 aliphatic rings. The van der Waals surface area contributed by atoms with E-state index in [4.69, 9.17) is 0 Å². The maximum atomic E-state index is 13.4. The maximum Gasteiger partial charge on any atom is 0.326 e. The number of rotatable bonds is 4. The van der Waals surface area contributed by atoms with E-state index in [1.165, 1.54) is 12.1 Å². The topological polar surface area (TPSA) is 44.3 Å². The number of nitrogens with zero attached hydrogens (tertiary/aromatic N) is 3. The van der Waals surface area contributed by atoms with Crippen molar-refractivity contribution in [1.29, 1.82) is 0 Å². The Hall–Kier alpha value is -2.67. The van der Waals surface area contributed by atoms with E-state index >= 15 is 0 Å². The van der Waals surface area contributed by atoms with Gasteiger partial charge in [-0.3, -0.25) is 9.47 Å². The quantitative estimate of drug-likeness (QED) is 0.779. The van der Waals surface area contributed by atoms with Crippen molar-refractivity contribution in [2.75, 3.05) is 37.6 Å². The van der Waals surface area contributed by atoms with Crippen LogP contribution >= 0.6 is 0 Å². The van der Waals surface area contributed by atoms with Gasteiger partial charge in [0.05, 0.1) is 11.0 Å². The molecule has 0 spiro atoms. The summed E-state index contributed by atoms with van der Waals surface area (Å²) in [4.78, 5) is 19.2. The molecular formula is C19H20F2N4O. The lowest BCUT2D eigenvalue weighted by Crippen LogP contribution is -2.47. The highest BCUT2D eigenvalue weighted by atomic mass is 19.1. The first-order chi connectivity index (χ1) is 12.6. The van der Waals surface area contributed by atoms with E-state index in [0.717, 1.165) is 36.7 Å². The summed E-state index contributed by atoms with van der Waals surface area (Å²) in [7, 11) is 0. The van der Waals surface area contributed by atoms with E-state index < -0.39 is 11.6 Å². The van der Waals surface area contributed by atoms with Crippen LogP contribution in [0, 0.1) is 11.6 Å². The highest BCUT2D eigenvalue weighted by Gasteiger charge is 2.18. The van der Waals surface area contributed by atoms with Gasteiger partial charge < -0.3 is 9.88 Å². The number of aromatic nitrogens is 2. The van der Waals surface area contributed by atoms with Crippen molar-refractivity contribution in [3.8, 4) is 0 Å². The average molecular weight is 358 g/mol. The van der Waals surface area contributed by atoms with Crippen molar-refractivity contribution >= 4 is 16.7 Å². The molecule has 1 saturated heterocycles. The van der Waals surface area contributed by atoms with Crippen LogP contribution in [-0.4, -0.2) is 47.2 Å². The number of nitrogens with one attached hydrogen (secondary N) is 1. The number of imidazole rings is 1. The van der Waals surface area contributed by atoms with Gasteiger partial charge in [0.25, 0.3) is 0 Å². The molecule has 0 radical (unpaired) electrons. The summed E-state index contributed by atoms with van der Waals surface area (Å²) < 4.78 is 28.5.